The van der Waals surface area contributed by atoms with Crippen LogP contribution in [0.25, 0.3) is 0 Å². The molecule has 0 saturated carbocycles. The predicted molar refractivity (Wildman–Crippen MR) is 120 cm³/mol. The quantitative estimate of drug-likeness (QED) is 0.490. The van der Waals surface area contributed by atoms with Gasteiger partial charge in [-0.15, -0.1) is 0 Å². The van der Waals surface area contributed by atoms with Gasteiger partial charge in [0.1, 0.15) is 0 Å². The molecule has 4 heteroatoms. The Hall–Kier alpha value is -1.09. The first kappa shape index (κ1) is 25.2. The second-order valence-corrected chi connectivity index (χ2v) is 16.8. The van der Waals surface area contributed by atoms with Gasteiger partial charge in [-0.1, -0.05) is 0 Å². The van der Waals surface area contributed by atoms with Crippen LogP contribution in [0.4, 0.5) is 0 Å². The van der Waals surface area contributed by atoms with Crippen molar-refractivity contribution in [2.24, 2.45) is 0 Å². The van der Waals surface area contributed by atoms with E-state index in [1.54, 1.807) is 21.5 Å². The summed E-state index contributed by atoms with van der Waals surface area (Å²) < 4.78 is 3.68. The van der Waals surface area contributed by atoms with Crippen LogP contribution in [-0.4, -0.2) is 6.19 Å². The molecular weight excluding hydrogens is 459 g/mol. The molecule has 0 amide bonds. The largest absolute Gasteiger partial charge is 1.00 e. The van der Waals surface area contributed by atoms with E-state index < -0.39 is 22.8 Å². The Bertz CT molecular complexity index is 934. The van der Waals surface area contributed by atoms with E-state index in [1.165, 1.54) is 25.7 Å². The van der Waals surface area contributed by atoms with E-state index >= 15 is 0 Å². The molecular formula is C26H28Cl2SiTi. The molecule has 0 aliphatic heterocycles. The van der Waals surface area contributed by atoms with Crippen molar-refractivity contribution < 1.29 is 41.4 Å². The fraction of sp³-hybridized carbons (Fsp3) is 0.231. The molecule has 2 aliphatic rings. The van der Waals surface area contributed by atoms with Gasteiger partial charge < -0.3 is 24.8 Å². The molecule has 2 aromatic carbocycles. The van der Waals surface area contributed by atoms with Crippen molar-refractivity contribution in [1.82, 2.24) is 0 Å². The maximum Gasteiger partial charge on any atom is -1.00 e. The van der Waals surface area contributed by atoms with Crippen LogP contribution in [0.3, 0.4) is 0 Å². The van der Waals surface area contributed by atoms with Crippen molar-refractivity contribution >= 4 is 16.6 Å². The molecule has 0 aromatic heterocycles. The Kier molecular flexibility index (Phi) is 10.1. The average molecular weight is 487 g/mol. The standard InChI is InChI=1S/C12H10Si.2C7H9.2ClH.Ti/c1-3-7-11(8-4-1)13-12-9-5-2-6-10-12;2*1-2-7-5-3-4-6-7;;;/h1-10H;2*3,5H,2,4H2,1H3;2*1H;/q;;;;;+2/p-2. The van der Waals surface area contributed by atoms with Crippen molar-refractivity contribution in [3.05, 3.63) is 104 Å². The number of hydrogen-bond donors (Lipinski definition) is 0. The van der Waals surface area contributed by atoms with Crippen LogP contribution < -0.4 is 35.2 Å². The first-order valence-corrected chi connectivity index (χ1v) is 15.9. The van der Waals surface area contributed by atoms with E-state index in [0.717, 1.165) is 0 Å². The van der Waals surface area contributed by atoms with Gasteiger partial charge in [0.15, 0.2) is 0 Å². The SMILES string of the molecule is CCC1=[C]([Ti+2]([C]2=C(CC)C=CC2)=[Si](c2ccccc2)c2ccccc2)CC=C1.[Cl-].[Cl-]. The predicted octanol–water partition coefficient (Wildman–Crippen LogP) is -0.333. The summed E-state index contributed by atoms with van der Waals surface area (Å²) in [7, 11) is 0. The van der Waals surface area contributed by atoms with Crippen LogP contribution in [0.15, 0.2) is 104 Å². The molecule has 0 atom stereocenters. The second kappa shape index (κ2) is 12.1. The first-order chi connectivity index (χ1) is 13.8. The van der Waals surface area contributed by atoms with Gasteiger partial charge >= 0.3 is 177 Å². The van der Waals surface area contributed by atoms with Gasteiger partial charge in [-0.05, 0) is 0 Å². The summed E-state index contributed by atoms with van der Waals surface area (Å²) in [5, 5.41) is 3.19. The minimum Gasteiger partial charge on any atom is -1.00 e. The van der Waals surface area contributed by atoms with Gasteiger partial charge in [-0.2, -0.15) is 0 Å². The molecule has 154 valence electrons. The zero-order chi connectivity index (χ0) is 19.3. The van der Waals surface area contributed by atoms with Crippen LogP contribution in [0.2, 0.25) is 0 Å². The van der Waals surface area contributed by atoms with Crippen molar-refractivity contribution in [3.8, 4) is 0 Å². The average Bonchev–Trinajstić information content (AvgIpc) is 3.42. The third kappa shape index (κ3) is 5.21. The van der Waals surface area contributed by atoms with Gasteiger partial charge in [0.05, 0.1) is 0 Å². The number of hydrogen-bond acceptors (Lipinski definition) is 0. The molecule has 2 aromatic rings. The molecule has 0 bridgehead atoms. The zero-order valence-corrected chi connectivity index (χ0v) is 21.7. The summed E-state index contributed by atoms with van der Waals surface area (Å²) in [6, 6.07) is 22.9. The van der Waals surface area contributed by atoms with E-state index in [0.29, 0.717) is 0 Å². The number of halogens is 2. The van der Waals surface area contributed by atoms with E-state index in [2.05, 4.69) is 98.8 Å². The number of benzene rings is 2. The van der Waals surface area contributed by atoms with Crippen molar-refractivity contribution in [3.63, 3.8) is 0 Å². The van der Waals surface area contributed by atoms with Gasteiger partial charge in [0.2, 0.25) is 0 Å². The van der Waals surface area contributed by atoms with E-state index in [9.17, 15) is 0 Å². The molecule has 0 saturated heterocycles. The Labute approximate surface area is 200 Å². The number of allylic oxidation sites excluding steroid dienone is 8. The summed E-state index contributed by atoms with van der Waals surface area (Å²) in [4.78, 5) is 0. The maximum absolute atomic E-state index is 2.42. The Balaban J connectivity index is 0.00000160. The van der Waals surface area contributed by atoms with Crippen molar-refractivity contribution in [2.75, 3.05) is 0 Å². The molecule has 0 radical (unpaired) electrons. The maximum atomic E-state index is 2.42. The molecule has 0 unspecified atom stereocenters. The molecule has 30 heavy (non-hydrogen) atoms. The van der Waals surface area contributed by atoms with Gasteiger partial charge in [0, 0.05) is 0 Å². The van der Waals surface area contributed by atoms with E-state index in [-0.39, 0.29) is 24.8 Å². The third-order valence-electron chi connectivity index (χ3n) is 5.80. The minimum absolute atomic E-state index is 0. The van der Waals surface area contributed by atoms with Crippen LogP contribution in [0.1, 0.15) is 39.5 Å². The van der Waals surface area contributed by atoms with Gasteiger partial charge in [-0.25, -0.2) is 0 Å². The zero-order valence-electron chi connectivity index (χ0n) is 17.7. The topological polar surface area (TPSA) is 0 Å². The van der Waals surface area contributed by atoms with Gasteiger partial charge in [0.25, 0.3) is 0 Å². The van der Waals surface area contributed by atoms with Crippen LogP contribution in [0.5, 0.6) is 0 Å². The van der Waals surface area contributed by atoms with E-state index in [1.807, 2.05) is 7.76 Å². The monoisotopic (exact) mass is 486 g/mol. The molecule has 0 N–H and O–H groups in total. The van der Waals surface area contributed by atoms with Crippen LogP contribution >= 0.6 is 0 Å². The molecule has 0 heterocycles. The summed E-state index contributed by atoms with van der Waals surface area (Å²) in [5.41, 5.74) is 3.28. The van der Waals surface area contributed by atoms with Gasteiger partial charge in [-0.3, -0.25) is 0 Å². The molecule has 2 aliphatic carbocycles. The summed E-state index contributed by atoms with van der Waals surface area (Å²) in [6.07, 6.45) is 13.6. The van der Waals surface area contributed by atoms with Crippen LogP contribution in [-0.2, 0) is 16.6 Å². The van der Waals surface area contributed by atoms with Crippen molar-refractivity contribution in [1.29, 1.82) is 0 Å². The minimum atomic E-state index is -1.69. The summed E-state index contributed by atoms with van der Waals surface area (Å²) in [5.74, 6) is 0. The summed E-state index contributed by atoms with van der Waals surface area (Å²) in [6.45, 7) is 4.67. The molecule has 4 rings (SSSR count). The Morgan fingerprint density at radius 1 is 0.667 bits per heavy atom. The fourth-order valence-electron chi connectivity index (χ4n) is 4.44. The Morgan fingerprint density at radius 3 is 1.43 bits per heavy atom. The summed E-state index contributed by atoms with van der Waals surface area (Å²) >= 11 is -1.69. The fourth-order valence-corrected chi connectivity index (χ4v) is 19.7. The van der Waals surface area contributed by atoms with Crippen molar-refractivity contribution in [2.45, 2.75) is 39.5 Å². The molecule has 0 spiro atoms. The smallest absolute Gasteiger partial charge is 1.00 e. The number of rotatable bonds is 6. The van der Waals surface area contributed by atoms with Crippen LogP contribution in [0, 0.1) is 0 Å². The third-order valence-corrected chi connectivity index (χ3v) is 19.2. The second-order valence-electron chi connectivity index (χ2n) is 7.41. The van der Waals surface area contributed by atoms with E-state index in [4.69, 9.17) is 0 Å². The molecule has 0 fully saturated rings. The first-order valence-electron chi connectivity index (χ1n) is 10.5. The Morgan fingerprint density at radius 2 is 1.07 bits per heavy atom. The molecule has 0 nitrogen and oxygen atoms in total. The normalized spacial score (nSPS) is 14.3.